The first-order valence-electron chi connectivity index (χ1n) is 8.25. The predicted molar refractivity (Wildman–Crippen MR) is 86.7 cm³/mol. The predicted octanol–water partition coefficient (Wildman–Crippen LogP) is 3.30. The van der Waals surface area contributed by atoms with Crippen LogP contribution in [0.2, 0.25) is 0 Å². The number of aryl methyl sites for hydroxylation is 1. The summed E-state index contributed by atoms with van der Waals surface area (Å²) < 4.78 is 46.7. The second-order valence-electron chi connectivity index (χ2n) is 6.55. The molecule has 0 atom stereocenters. The number of amidine groups is 2. The van der Waals surface area contributed by atoms with Gasteiger partial charge < -0.3 is 4.74 Å². The van der Waals surface area contributed by atoms with Crippen molar-refractivity contribution in [1.29, 1.82) is 0 Å². The van der Waals surface area contributed by atoms with Gasteiger partial charge in [0.25, 0.3) is 5.84 Å². The summed E-state index contributed by atoms with van der Waals surface area (Å²) in [5, 5.41) is 0. The van der Waals surface area contributed by atoms with Gasteiger partial charge in [0.2, 0.25) is 11.8 Å². The molecule has 1 saturated carbocycles. The van der Waals surface area contributed by atoms with Gasteiger partial charge >= 0.3 is 5.97 Å². The maximum absolute atomic E-state index is 13.5. The minimum Gasteiger partial charge on any atom is -0.467 e. The zero-order valence-corrected chi connectivity index (χ0v) is 14.2. The van der Waals surface area contributed by atoms with Crippen LogP contribution in [0.3, 0.4) is 0 Å². The fourth-order valence-electron chi connectivity index (χ4n) is 3.26. The van der Waals surface area contributed by atoms with E-state index in [1.807, 2.05) is 0 Å². The summed E-state index contributed by atoms with van der Waals surface area (Å²) in [7, 11) is 1.29. The highest BCUT2D eigenvalue weighted by Gasteiger charge is 2.43. The maximum atomic E-state index is 13.5. The first-order valence-corrected chi connectivity index (χ1v) is 8.25. The van der Waals surface area contributed by atoms with Crippen LogP contribution in [0.4, 0.5) is 13.2 Å². The molecule has 0 spiro atoms. The van der Waals surface area contributed by atoms with E-state index < -0.39 is 11.9 Å². The molecule has 0 aromatic heterocycles. The van der Waals surface area contributed by atoms with Crippen LogP contribution in [0.15, 0.2) is 23.2 Å². The number of ether oxygens (including phenoxy) is 1. The molecule has 1 heterocycles. The van der Waals surface area contributed by atoms with Crippen molar-refractivity contribution >= 4 is 17.6 Å². The van der Waals surface area contributed by atoms with E-state index in [1.54, 1.807) is 23.6 Å². The van der Waals surface area contributed by atoms with Crippen LogP contribution in [0, 0.1) is 18.7 Å². The van der Waals surface area contributed by atoms with Gasteiger partial charge in [0.15, 0.2) is 6.54 Å². The van der Waals surface area contributed by atoms with Gasteiger partial charge in [-0.15, -0.1) is 0 Å². The number of benzene rings is 1. The minimum absolute atomic E-state index is 0.0337. The van der Waals surface area contributed by atoms with Gasteiger partial charge in [0.1, 0.15) is 5.82 Å². The topological polar surface area (TPSA) is 41.7 Å². The van der Waals surface area contributed by atoms with Crippen LogP contribution in [0.25, 0.3) is 0 Å². The zero-order chi connectivity index (χ0) is 18.2. The Morgan fingerprint density at radius 1 is 1.36 bits per heavy atom. The van der Waals surface area contributed by atoms with Crippen LogP contribution < -0.4 is 0 Å². The van der Waals surface area contributed by atoms with Gasteiger partial charge in [-0.05, 0) is 43.5 Å². The first-order chi connectivity index (χ1) is 11.8. The van der Waals surface area contributed by atoms with Gasteiger partial charge in [-0.3, -0.25) is 0 Å². The van der Waals surface area contributed by atoms with Crippen LogP contribution in [-0.2, 0) is 9.53 Å². The molecule has 1 aromatic carbocycles. The number of carbonyl (C=O) groups is 1. The molecule has 1 aliphatic carbocycles. The van der Waals surface area contributed by atoms with E-state index >= 15 is 0 Å². The molecular weight excluding hydrogens is 333 g/mol. The summed E-state index contributed by atoms with van der Waals surface area (Å²) in [6, 6.07) is 4.60. The average Bonchev–Trinajstić information content (AvgIpc) is 2.56. The Balaban J connectivity index is 1.85. The van der Waals surface area contributed by atoms with Crippen molar-refractivity contribution in [3.63, 3.8) is 0 Å². The van der Waals surface area contributed by atoms with Gasteiger partial charge in [0, 0.05) is 18.8 Å². The Labute approximate surface area is 144 Å². The molecule has 1 aliphatic heterocycles. The molecule has 0 unspecified atom stereocenters. The number of carbonyl (C=O) groups excluding carboxylic acids is 1. The fourth-order valence-corrected chi connectivity index (χ4v) is 3.26. The van der Waals surface area contributed by atoms with Crippen LogP contribution >= 0.6 is 0 Å². The molecular formula is C18H20F3N2O2+. The van der Waals surface area contributed by atoms with E-state index in [0.29, 0.717) is 35.6 Å². The van der Waals surface area contributed by atoms with Crippen molar-refractivity contribution in [2.75, 3.05) is 13.7 Å². The molecule has 0 radical (unpaired) electrons. The number of hydrogen-bond acceptors (Lipinski definition) is 3. The molecule has 0 saturated heterocycles. The van der Waals surface area contributed by atoms with Crippen molar-refractivity contribution in [3.8, 4) is 0 Å². The molecule has 7 heteroatoms. The Kier molecular flexibility index (Phi) is 4.67. The van der Waals surface area contributed by atoms with E-state index in [2.05, 4.69) is 4.99 Å². The molecule has 0 bridgehead atoms. The number of nitrogens with zero attached hydrogens (tertiary/aromatic N) is 2. The lowest BCUT2D eigenvalue weighted by atomic mass is 9.85. The molecule has 134 valence electrons. The summed E-state index contributed by atoms with van der Waals surface area (Å²) in [5.74, 6) is -2.30. The molecule has 0 amide bonds. The SMILES string of the molecule is COC(=O)C[N+]1=C(C2CCC(F)(F)CC2)N=C1c1ccc(F)c(C)c1. The first kappa shape index (κ1) is 17.6. The van der Waals surface area contributed by atoms with Gasteiger partial charge in [-0.25, -0.2) is 22.5 Å². The second-order valence-corrected chi connectivity index (χ2v) is 6.55. The van der Waals surface area contributed by atoms with Gasteiger partial charge in [-0.1, -0.05) is 4.99 Å². The minimum atomic E-state index is -2.62. The highest BCUT2D eigenvalue weighted by Crippen LogP contribution is 2.38. The van der Waals surface area contributed by atoms with E-state index in [-0.39, 0.29) is 31.1 Å². The van der Waals surface area contributed by atoms with Crippen molar-refractivity contribution in [2.45, 2.75) is 38.5 Å². The molecule has 25 heavy (non-hydrogen) atoms. The van der Waals surface area contributed by atoms with Gasteiger partial charge in [-0.2, -0.15) is 0 Å². The Bertz CT molecular complexity index is 762. The number of methoxy groups -OCH3 is 1. The second kappa shape index (κ2) is 6.61. The van der Waals surface area contributed by atoms with Crippen molar-refractivity contribution in [2.24, 2.45) is 10.9 Å². The Hall–Kier alpha value is -2.18. The lowest BCUT2D eigenvalue weighted by molar-refractivity contribution is -0.415. The third-order valence-electron chi connectivity index (χ3n) is 4.77. The number of halogens is 3. The standard InChI is InChI=1S/C18H20F3N2O2/c1-11-9-13(3-4-14(11)19)17-22-16(23(17)10-15(24)25-2)12-5-7-18(20,21)8-6-12/h3-4,9,12H,5-8,10H2,1-2H3/q+1. The molecule has 4 nitrogen and oxygen atoms in total. The van der Waals surface area contributed by atoms with Crippen molar-refractivity contribution < 1.29 is 27.3 Å². The Morgan fingerprint density at radius 2 is 2.04 bits per heavy atom. The van der Waals surface area contributed by atoms with Crippen molar-refractivity contribution in [1.82, 2.24) is 0 Å². The summed E-state index contributed by atoms with van der Waals surface area (Å²) in [6.45, 7) is 1.62. The quantitative estimate of drug-likeness (QED) is 0.616. The van der Waals surface area contributed by atoms with E-state index in [0.717, 1.165) is 0 Å². The number of esters is 1. The number of alkyl halides is 2. The molecule has 2 aliphatic rings. The summed E-state index contributed by atoms with van der Waals surface area (Å²) >= 11 is 0. The molecule has 0 N–H and O–H groups in total. The van der Waals surface area contributed by atoms with Crippen molar-refractivity contribution in [3.05, 3.63) is 35.1 Å². The highest BCUT2D eigenvalue weighted by atomic mass is 19.3. The molecule has 1 aromatic rings. The average molecular weight is 353 g/mol. The normalized spacial score (nSPS) is 20.1. The Morgan fingerprint density at radius 3 is 2.64 bits per heavy atom. The number of hydrogen-bond donors (Lipinski definition) is 0. The largest absolute Gasteiger partial charge is 0.467 e. The van der Waals surface area contributed by atoms with Crippen LogP contribution in [0.5, 0.6) is 0 Å². The van der Waals surface area contributed by atoms with Gasteiger partial charge in [0.05, 0.1) is 12.7 Å². The summed E-state index contributed by atoms with van der Waals surface area (Å²) in [4.78, 5) is 16.2. The molecule has 3 rings (SSSR count). The van der Waals surface area contributed by atoms with E-state index in [1.165, 1.54) is 13.2 Å². The summed E-state index contributed by atoms with van der Waals surface area (Å²) in [5.41, 5.74) is 1.16. The zero-order valence-electron chi connectivity index (χ0n) is 14.2. The third kappa shape index (κ3) is 3.60. The summed E-state index contributed by atoms with van der Waals surface area (Å²) in [6.07, 6.45) is 0.319. The number of rotatable bonds is 4. The lowest BCUT2D eigenvalue weighted by Gasteiger charge is -2.30. The lowest BCUT2D eigenvalue weighted by Crippen LogP contribution is -2.45. The van der Waals surface area contributed by atoms with Crippen LogP contribution in [-0.4, -0.2) is 41.8 Å². The fraction of sp³-hybridized carbons (Fsp3) is 0.500. The monoisotopic (exact) mass is 353 g/mol. The highest BCUT2D eigenvalue weighted by molar-refractivity contribution is 6.10. The smallest absolute Gasteiger partial charge is 0.340 e. The van der Waals surface area contributed by atoms with E-state index in [4.69, 9.17) is 4.74 Å². The number of aliphatic imine (C=N–C) groups is 1. The third-order valence-corrected chi connectivity index (χ3v) is 4.77. The van der Waals surface area contributed by atoms with E-state index in [9.17, 15) is 18.0 Å². The molecule has 1 fully saturated rings. The maximum Gasteiger partial charge on any atom is 0.340 e. The van der Waals surface area contributed by atoms with Crippen LogP contribution in [0.1, 0.15) is 36.8 Å².